The van der Waals surface area contributed by atoms with Crippen molar-refractivity contribution >= 4 is 17.8 Å². The van der Waals surface area contributed by atoms with Crippen LogP contribution in [0, 0.1) is 12.7 Å². The zero-order valence-electron chi connectivity index (χ0n) is 11.5. The maximum Gasteiger partial charge on any atom is 0.265 e. The van der Waals surface area contributed by atoms with Crippen molar-refractivity contribution in [2.24, 2.45) is 5.16 Å². The third kappa shape index (κ3) is 4.72. The Labute approximate surface area is 122 Å². The first kappa shape index (κ1) is 14.7. The summed E-state index contributed by atoms with van der Waals surface area (Å²) in [5, 5.41) is 6.10. The van der Waals surface area contributed by atoms with Crippen molar-refractivity contribution in [2.75, 3.05) is 11.9 Å². The maximum absolute atomic E-state index is 13.3. The van der Waals surface area contributed by atoms with Crippen molar-refractivity contribution in [1.29, 1.82) is 0 Å². The Kier molecular flexibility index (Phi) is 5.04. The van der Waals surface area contributed by atoms with E-state index in [9.17, 15) is 9.18 Å². The first-order valence-electron chi connectivity index (χ1n) is 6.41. The molecule has 21 heavy (non-hydrogen) atoms. The number of anilines is 1. The molecule has 0 fully saturated rings. The number of oxime groups is 1. The number of aryl methyl sites for hydroxylation is 1. The van der Waals surface area contributed by atoms with Gasteiger partial charge in [-0.25, -0.2) is 4.39 Å². The monoisotopic (exact) mass is 286 g/mol. The van der Waals surface area contributed by atoms with Crippen molar-refractivity contribution < 1.29 is 14.0 Å². The molecule has 0 spiro atoms. The van der Waals surface area contributed by atoms with Crippen molar-refractivity contribution in [2.45, 2.75) is 6.92 Å². The summed E-state index contributed by atoms with van der Waals surface area (Å²) in [6.45, 7) is 1.71. The molecule has 2 rings (SSSR count). The molecule has 0 aliphatic heterocycles. The molecule has 4 nitrogen and oxygen atoms in total. The molecule has 0 bridgehead atoms. The molecule has 0 radical (unpaired) electrons. The van der Waals surface area contributed by atoms with Gasteiger partial charge < -0.3 is 10.2 Å². The van der Waals surface area contributed by atoms with Gasteiger partial charge in [-0.2, -0.15) is 0 Å². The number of carbonyl (C=O) groups excluding carboxylic acids is 1. The lowest BCUT2D eigenvalue weighted by atomic mass is 10.2. The normalized spacial score (nSPS) is 10.6. The first-order valence-corrected chi connectivity index (χ1v) is 6.41. The topological polar surface area (TPSA) is 50.7 Å². The molecule has 0 aliphatic carbocycles. The Morgan fingerprint density at radius 3 is 2.67 bits per heavy atom. The quantitative estimate of drug-likeness (QED) is 0.678. The van der Waals surface area contributed by atoms with Gasteiger partial charge in [-0.3, -0.25) is 4.79 Å². The van der Waals surface area contributed by atoms with Gasteiger partial charge in [0.05, 0.1) is 11.9 Å². The van der Waals surface area contributed by atoms with Gasteiger partial charge in [-0.05, 0) is 24.6 Å². The van der Waals surface area contributed by atoms with Gasteiger partial charge in [0.25, 0.3) is 5.91 Å². The smallest absolute Gasteiger partial charge is 0.265 e. The van der Waals surface area contributed by atoms with Crippen LogP contribution in [0.4, 0.5) is 10.1 Å². The second kappa shape index (κ2) is 7.19. The number of hydrogen-bond acceptors (Lipinski definition) is 3. The molecule has 0 unspecified atom stereocenters. The highest BCUT2D eigenvalue weighted by molar-refractivity contribution is 5.91. The number of carbonyl (C=O) groups is 1. The minimum absolute atomic E-state index is 0.119. The number of para-hydroxylation sites is 1. The van der Waals surface area contributed by atoms with Gasteiger partial charge in [0.1, 0.15) is 5.82 Å². The molecule has 0 aromatic heterocycles. The highest BCUT2D eigenvalue weighted by Gasteiger charge is 2.06. The molecule has 108 valence electrons. The molecule has 1 N–H and O–H groups in total. The van der Waals surface area contributed by atoms with Crippen LogP contribution >= 0.6 is 0 Å². The average molecular weight is 286 g/mol. The van der Waals surface area contributed by atoms with E-state index in [0.717, 1.165) is 11.1 Å². The fourth-order valence-electron chi connectivity index (χ4n) is 1.60. The van der Waals surface area contributed by atoms with E-state index in [-0.39, 0.29) is 12.3 Å². The number of halogens is 1. The predicted molar refractivity (Wildman–Crippen MR) is 79.8 cm³/mol. The van der Waals surface area contributed by atoms with Gasteiger partial charge >= 0.3 is 0 Å². The van der Waals surface area contributed by atoms with E-state index >= 15 is 0 Å². The summed E-state index contributed by atoms with van der Waals surface area (Å²) in [6, 6.07) is 13.6. The Hall–Kier alpha value is -2.69. The van der Waals surface area contributed by atoms with E-state index in [1.807, 2.05) is 31.2 Å². The van der Waals surface area contributed by atoms with E-state index in [0.29, 0.717) is 0 Å². The van der Waals surface area contributed by atoms with Gasteiger partial charge in [-0.15, -0.1) is 0 Å². The fraction of sp³-hybridized carbons (Fsp3) is 0.125. The zero-order valence-corrected chi connectivity index (χ0v) is 11.5. The zero-order chi connectivity index (χ0) is 15.1. The second-order valence-corrected chi connectivity index (χ2v) is 4.45. The molecule has 1 amide bonds. The SMILES string of the molecule is Cc1ccc(/C=N\OCC(=O)Nc2ccccc2F)cc1. The second-order valence-electron chi connectivity index (χ2n) is 4.45. The fourth-order valence-corrected chi connectivity index (χ4v) is 1.60. The number of nitrogens with one attached hydrogen (secondary N) is 1. The highest BCUT2D eigenvalue weighted by atomic mass is 19.1. The third-order valence-electron chi connectivity index (χ3n) is 2.70. The summed E-state index contributed by atoms with van der Waals surface area (Å²) < 4.78 is 13.3. The summed E-state index contributed by atoms with van der Waals surface area (Å²) in [5.41, 5.74) is 2.14. The average Bonchev–Trinajstić information content (AvgIpc) is 2.48. The first-order chi connectivity index (χ1) is 10.1. The lowest BCUT2D eigenvalue weighted by molar-refractivity contribution is -0.120. The van der Waals surface area contributed by atoms with Gasteiger partial charge in [-0.1, -0.05) is 47.1 Å². The summed E-state index contributed by atoms with van der Waals surface area (Å²) in [6.07, 6.45) is 1.51. The van der Waals surface area contributed by atoms with Crippen LogP contribution in [0.2, 0.25) is 0 Å². The molecule has 0 saturated carbocycles. The number of hydrogen-bond donors (Lipinski definition) is 1. The van der Waals surface area contributed by atoms with Gasteiger partial charge in [0.15, 0.2) is 6.61 Å². The van der Waals surface area contributed by atoms with Crippen molar-refractivity contribution in [3.8, 4) is 0 Å². The predicted octanol–water partition coefficient (Wildman–Crippen LogP) is 3.12. The van der Waals surface area contributed by atoms with Crippen LogP contribution in [0.15, 0.2) is 53.7 Å². The van der Waals surface area contributed by atoms with Crippen molar-refractivity contribution in [3.05, 3.63) is 65.5 Å². The van der Waals surface area contributed by atoms with Crippen LogP contribution in [0.3, 0.4) is 0 Å². The van der Waals surface area contributed by atoms with Crippen LogP contribution in [-0.2, 0) is 9.63 Å². The van der Waals surface area contributed by atoms with Crippen LogP contribution in [-0.4, -0.2) is 18.7 Å². The minimum Gasteiger partial charge on any atom is -0.386 e. The summed E-state index contributed by atoms with van der Waals surface area (Å²) >= 11 is 0. The number of nitrogens with zero attached hydrogens (tertiary/aromatic N) is 1. The number of rotatable bonds is 5. The van der Waals surface area contributed by atoms with Crippen molar-refractivity contribution in [3.63, 3.8) is 0 Å². The third-order valence-corrected chi connectivity index (χ3v) is 2.70. The summed E-state index contributed by atoms with van der Waals surface area (Å²) in [5.74, 6) is -0.963. The molecule has 2 aromatic carbocycles. The number of amides is 1. The van der Waals surface area contributed by atoms with Crippen LogP contribution in [0.1, 0.15) is 11.1 Å². The summed E-state index contributed by atoms with van der Waals surface area (Å²) in [4.78, 5) is 16.4. The molecular weight excluding hydrogens is 271 g/mol. The Bertz CT molecular complexity index is 639. The molecule has 2 aromatic rings. The minimum atomic E-state index is -0.492. The van der Waals surface area contributed by atoms with Gasteiger partial charge in [0, 0.05) is 0 Å². The molecule has 0 atom stereocenters. The molecule has 5 heteroatoms. The van der Waals surface area contributed by atoms with Crippen LogP contribution < -0.4 is 5.32 Å². The lowest BCUT2D eigenvalue weighted by Gasteiger charge is -2.04. The highest BCUT2D eigenvalue weighted by Crippen LogP contribution is 2.11. The molecule has 0 heterocycles. The largest absolute Gasteiger partial charge is 0.386 e. The summed E-state index contributed by atoms with van der Waals surface area (Å²) in [7, 11) is 0. The Morgan fingerprint density at radius 1 is 1.24 bits per heavy atom. The van der Waals surface area contributed by atoms with E-state index < -0.39 is 11.7 Å². The van der Waals surface area contributed by atoms with Crippen molar-refractivity contribution in [1.82, 2.24) is 0 Å². The maximum atomic E-state index is 13.3. The van der Waals surface area contributed by atoms with E-state index in [1.165, 1.54) is 18.3 Å². The van der Waals surface area contributed by atoms with E-state index in [4.69, 9.17) is 4.84 Å². The van der Waals surface area contributed by atoms with Crippen LogP contribution in [0.5, 0.6) is 0 Å². The number of benzene rings is 2. The molecule has 0 aliphatic rings. The molecule has 0 saturated heterocycles. The Morgan fingerprint density at radius 2 is 1.95 bits per heavy atom. The Balaban J connectivity index is 1.79. The molecular formula is C16H15FN2O2. The van der Waals surface area contributed by atoms with E-state index in [1.54, 1.807) is 12.1 Å². The van der Waals surface area contributed by atoms with Gasteiger partial charge in [0.2, 0.25) is 0 Å². The van der Waals surface area contributed by atoms with Crippen LogP contribution in [0.25, 0.3) is 0 Å². The standard InChI is InChI=1S/C16H15FN2O2/c1-12-6-8-13(9-7-12)10-18-21-11-16(20)19-15-5-3-2-4-14(15)17/h2-10H,11H2,1H3,(H,19,20)/b18-10-. The lowest BCUT2D eigenvalue weighted by Crippen LogP contribution is -2.17. The van der Waals surface area contributed by atoms with E-state index in [2.05, 4.69) is 10.5 Å².